The SMILES string of the molecule is C[C@@H](C(=O)N[C@H](C(=O)N1CCC[C@H]1C(=O)N[C@@H]1CCCc2c1cccc2N1CCN(c2cccc3c2CCC[C@H]3NC(=O)[C@@H]2CCCN2C(=O)[C@@H](NC(=O)[C@H](C)N(C)C(=O)OC(C)(C)C)C2CCCCC2)CC1)C1CCCCC1)N(C)C(=O)OC(C)(C)C. The number of hydrogen-bond donors (Lipinski definition) is 4. The van der Waals surface area contributed by atoms with Gasteiger partial charge in [0.15, 0.2) is 0 Å². The fraction of sp³-hybridized carbons (Fsp3) is 0.706. The van der Waals surface area contributed by atoms with E-state index in [9.17, 15) is 38.4 Å². The molecule has 7 aliphatic rings. The zero-order valence-electron chi connectivity index (χ0n) is 54.4. The summed E-state index contributed by atoms with van der Waals surface area (Å²) in [5.41, 5.74) is 5.65. The molecule has 2 aromatic rings. The summed E-state index contributed by atoms with van der Waals surface area (Å²) in [6.07, 6.45) is 15.5. The van der Waals surface area contributed by atoms with Gasteiger partial charge in [0.2, 0.25) is 35.4 Å². The summed E-state index contributed by atoms with van der Waals surface area (Å²) in [6.45, 7) is 18.0. The van der Waals surface area contributed by atoms with E-state index in [1.165, 1.54) is 46.4 Å². The topological polar surface area (TPSA) is 223 Å². The van der Waals surface area contributed by atoms with E-state index >= 15 is 0 Å². The van der Waals surface area contributed by atoms with Crippen LogP contribution in [0.15, 0.2) is 36.4 Å². The zero-order chi connectivity index (χ0) is 63.2. The summed E-state index contributed by atoms with van der Waals surface area (Å²) in [5.74, 6) is -1.82. The highest BCUT2D eigenvalue weighted by molar-refractivity contribution is 5.96. The second-order valence-corrected chi connectivity index (χ2v) is 28.3. The Hall–Kier alpha value is -6.60. The molecule has 2 aromatic carbocycles. The number of likely N-dealkylation sites (N-methyl/N-ethyl adjacent to an activating group) is 2. The Morgan fingerprint density at radius 1 is 0.477 bits per heavy atom. The summed E-state index contributed by atoms with van der Waals surface area (Å²) in [6, 6.07) is 7.75. The molecular formula is C68H102N10O10. The number of nitrogens with zero attached hydrogens (tertiary/aromatic N) is 6. The van der Waals surface area contributed by atoms with Crippen LogP contribution in [0, 0.1) is 11.8 Å². The number of benzene rings is 2. The third-order valence-electron chi connectivity index (χ3n) is 19.9. The lowest BCUT2D eigenvalue weighted by molar-refractivity contribution is -0.143. The number of likely N-dealkylation sites (tertiary alicyclic amines) is 2. The number of anilines is 2. The van der Waals surface area contributed by atoms with Crippen molar-refractivity contribution < 1.29 is 47.8 Å². The summed E-state index contributed by atoms with van der Waals surface area (Å²) in [5, 5.41) is 12.9. The molecule has 3 heterocycles. The van der Waals surface area contributed by atoms with Crippen LogP contribution < -0.4 is 31.1 Å². The van der Waals surface area contributed by atoms with Crippen LogP contribution >= 0.6 is 0 Å². The van der Waals surface area contributed by atoms with Crippen LogP contribution in [0.1, 0.15) is 205 Å². The molecule has 2 saturated carbocycles. The van der Waals surface area contributed by atoms with Crippen molar-refractivity contribution in [3.8, 4) is 0 Å². The number of nitrogens with one attached hydrogen (secondary N) is 4. The molecule has 20 heteroatoms. The van der Waals surface area contributed by atoms with Crippen molar-refractivity contribution in [3.05, 3.63) is 58.7 Å². The molecule has 0 radical (unpaired) electrons. The molecule has 5 fully saturated rings. The van der Waals surface area contributed by atoms with Crippen LogP contribution in [0.25, 0.3) is 0 Å². The summed E-state index contributed by atoms with van der Waals surface area (Å²) >= 11 is 0. The van der Waals surface area contributed by atoms with Crippen LogP contribution in [-0.2, 0) is 51.1 Å². The van der Waals surface area contributed by atoms with Crippen molar-refractivity contribution in [2.24, 2.45) is 11.8 Å². The van der Waals surface area contributed by atoms with Crippen LogP contribution in [0.3, 0.4) is 0 Å². The Morgan fingerprint density at radius 2 is 0.841 bits per heavy atom. The van der Waals surface area contributed by atoms with Crippen molar-refractivity contribution in [1.29, 1.82) is 0 Å². The Labute approximate surface area is 522 Å². The van der Waals surface area contributed by atoms with E-state index in [2.05, 4.69) is 67.5 Å². The van der Waals surface area contributed by atoms with E-state index in [-0.39, 0.29) is 47.5 Å². The van der Waals surface area contributed by atoms with Crippen LogP contribution in [0.4, 0.5) is 21.0 Å². The maximum absolute atomic E-state index is 14.7. The van der Waals surface area contributed by atoms with E-state index < -0.39 is 71.5 Å². The van der Waals surface area contributed by atoms with Crippen LogP contribution in [-0.4, -0.2) is 168 Å². The fourth-order valence-corrected chi connectivity index (χ4v) is 14.8. The van der Waals surface area contributed by atoms with Gasteiger partial charge in [-0.25, -0.2) is 9.59 Å². The number of carbonyl (C=O) groups is 8. The number of amides is 8. The number of rotatable bonds is 16. The molecule has 0 bridgehead atoms. The quantitative estimate of drug-likeness (QED) is 0.124. The van der Waals surface area contributed by atoms with Crippen LogP contribution in [0.5, 0.6) is 0 Å². The van der Waals surface area contributed by atoms with Gasteiger partial charge in [-0.3, -0.25) is 38.6 Å². The number of piperazine rings is 1. The third-order valence-corrected chi connectivity index (χ3v) is 19.9. The molecule has 4 aliphatic carbocycles. The van der Waals surface area contributed by atoms with Gasteiger partial charge in [0.25, 0.3) is 0 Å². The maximum atomic E-state index is 14.7. The van der Waals surface area contributed by atoms with Gasteiger partial charge in [0, 0.05) is 64.7 Å². The van der Waals surface area contributed by atoms with E-state index in [1.54, 1.807) is 65.2 Å². The standard InChI is InChI=1S/C68H102N10O10/c1-43(73(9)65(85)87-67(3,4)5)59(79)71-57(45-23-13-11-14-24-45)63(83)77-37-21-35-55(77)61(81)69-51-31-17-29-49-47(51)27-19-33-53(49)75-39-41-76(42-40-75)54-34-20-28-48-50(54)30-18-32-52(48)70-62(82)56-36-22-38-78(56)64(84)58(46-25-15-12-16-26-46)72-60(80)44(2)74(10)66(86)88-68(6,7)8/h19-20,27-28,33-34,43-46,51-52,55-58H,11-18,21-26,29-32,35-42H2,1-10H3,(H,69,81)(H,70,82)(H,71,79)(H,72,80)/t43-,44-,51+,52+,55-,56-,57-,58-/m0/s1. The lowest BCUT2D eigenvalue weighted by atomic mass is 9.83. The highest BCUT2D eigenvalue weighted by Gasteiger charge is 2.45. The summed E-state index contributed by atoms with van der Waals surface area (Å²) in [4.78, 5) is 123. The molecule has 8 atom stereocenters. The van der Waals surface area contributed by atoms with Gasteiger partial charge >= 0.3 is 12.2 Å². The van der Waals surface area contributed by atoms with Gasteiger partial charge in [-0.1, -0.05) is 62.8 Å². The normalized spacial score (nSPS) is 23.3. The van der Waals surface area contributed by atoms with Gasteiger partial charge in [-0.15, -0.1) is 0 Å². The van der Waals surface area contributed by atoms with Crippen molar-refractivity contribution >= 4 is 59.0 Å². The predicted octanol–water partition coefficient (Wildman–Crippen LogP) is 8.62. The average molecular weight is 1220 g/mol. The monoisotopic (exact) mass is 1220 g/mol. The lowest BCUT2D eigenvalue weighted by Gasteiger charge is -2.41. The second-order valence-electron chi connectivity index (χ2n) is 28.3. The van der Waals surface area contributed by atoms with Gasteiger partial charge in [-0.2, -0.15) is 0 Å². The molecule has 4 N–H and O–H groups in total. The number of hydrogen-bond acceptors (Lipinski definition) is 12. The number of ether oxygens (including phenoxy) is 2. The fourth-order valence-electron chi connectivity index (χ4n) is 14.8. The highest BCUT2D eigenvalue weighted by atomic mass is 16.6. The highest BCUT2D eigenvalue weighted by Crippen LogP contribution is 2.40. The molecule has 0 aromatic heterocycles. The average Bonchev–Trinajstić information content (AvgIpc) is 1.61. The molecular weight excluding hydrogens is 1120 g/mol. The molecule has 3 saturated heterocycles. The van der Waals surface area contributed by atoms with Crippen molar-refractivity contribution in [2.75, 3.05) is 63.2 Å². The van der Waals surface area contributed by atoms with E-state index in [1.807, 2.05) is 0 Å². The Bertz CT molecular complexity index is 2660. The van der Waals surface area contributed by atoms with Crippen molar-refractivity contribution in [2.45, 2.75) is 243 Å². The predicted molar refractivity (Wildman–Crippen MR) is 338 cm³/mol. The molecule has 8 amide bonds. The third kappa shape index (κ3) is 15.5. The molecule has 9 rings (SSSR count). The molecule has 0 unspecified atom stereocenters. The summed E-state index contributed by atoms with van der Waals surface area (Å²) in [7, 11) is 3.05. The number of carbonyl (C=O) groups excluding carboxylic acids is 8. The van der Waals surface area contributed by atoms with Gasteiger partial charge in [0.1, 0.15) is 47.5 Å². The minimum Gasteiger partial charge on any atom is -0.444 e. The lowest BCUT2D eigenvalue weighted by Crippen LogP contribution is -2.59. The second kappa shape index (κ2) is 28.5. The first-order valence-electron chi connectivity index (χ1n) is 33.4. The van der Waals surface area contributed by atoms with Crippen molar-refractivity contribution in [3.63, 3.8) is 0 Å². The smallest absolute Gasteiger partial charge is 0.410 e. The first kappa shape index (κ1) is 65.8. The van der Waals surface area contributed by atoms with Crippen LogP contribution in [0.2, 0.25) is 0 Å². The molecule has 3 aliphatic heterocycles. The zero-order valence-corrected chi connectivity index (χ0v) is 54.4. The molecule has 0 spiro atoms. The van der Waals surface area contributed by atoms with Crippen molar-refractivity contribution in [1.82, 2.24) is 40.9 Å². The maximum Gasteiger partial charge on any atom is 0.410 e. The first-order valence-corrected chi connectivity index (χ1v) is 33.4. The molecule has 88 heavy (non-hydrogen) atoms. The molecule has 484 valence electrons. The molecule has 20 nitrogen and oxygen atoms in total. The summed E-state index contributed by atoms with van der Waals surface area (Å²) < 4.78 is 11.1. The van der Waals surface area contributed by atoms with Gasteiger partial charge in [0.05, 0.1) is 12.1 Å². The Kier molecular flexibility index (Phi) is 21.3. The van der Waals surface area contributed by atoms with Gasteiger partial charge in [-0.05, 0) is 192 Å². The minimum atomic E-state index is -0.885. The van der Waals surface area contributed by atoms with E-state index in [0.717, 1.165) is 140 Å². The minimum absolute atomic E-state index is 0.0756. The van der Waals surface area contributed by atoms with E-state index in [0.29, 0.717) is 38.8 Å². The Morgan fingerprint density at radius 3 is 1.19 bits per heavy atom. The van der Waals surface area contributed by atoms with E-state index in [4.69, 9.17) is 9.47 Å². The largest absolute Gasteiger partial charge is 0.444 e. The number of fused-ring (bicyclic) bond motifs is 2. The Balaban J connectivity index is 0.820. The first-order chi connectivity index (χ1) is 41.9. The van der Waals surface area contributed by atoms with Gasteiger partial charge < -0.3 is 50.3 Å².